The lowest BCUT2D eigenvalue weighted by Crippen LogP contribution is -2.49. The minimum Gasteiger partial charge on any atom is -0.506 e. The highest BCUT2D eigenvalue weighted by atomic mass is 16.5. The van der Waals surface area contributed by atoms with Crippen molar-refractivity contribution >= 4 is 17.6 Å². The number of aromatic hydroxyl groups is 1. The van der Waals surface area contributed by atoms with Crippen LogP contribution in [0, 0.1) is 11.8 Å². The number of allylic oxidation sites excluding steroid dienone is 3. The minimum absolute atomic E-state index is 0.0816. The molecule has 214 valence electrons. The van der Waals surface area contributed by atoms with Crippen LogP contribution in [-0.2, 0) is 16.0 Å². The Morgan fingerprint density at radius 2 is 1.82 bits per heavy atom. The quantitative estimate of drug-likeness (QED) is 0.457. The number of aliphatic hydroxyl groups is 1. The molecule has 1 aromatic rings. The number of benzene rings is 1. The first-order valence-corrected chi connectivity index (χ1v) is 14.1. The number of Topliss-reactive ketones (excluding diaryl/α,β-unsaturated/α-hetero) is 2. The van der Waals surface area contributed by atoms with Crippen LogP contribution in [0.2, 0.25) is 0 Å². The third-order valence-corrected chi connectivity index (χ3v) is 8.49. The van der Waals surface area contributed by atoms with Gasteiger partial charge in [0.25, 0.3) is 0 Å². The second-order valence-electron chi connectivity index (χ2n) is 12.8. The third kappa shape index (κ3) is 4.83. The van der Waals surface area contributed by atoms with E-state index < -0.39 is 29.3 Å². The van der Waals surface area contributed by atoms with Crippen LogP contribution in [0.5, 0.6) is 17.2 Å². The van der Waals surface area contributed by atoms with E-state index in [4.69, 9.17) is 14.2 Å². The SMILES string of the molecule is CC(C)=CCc1c2c(c(O)c3c1O[C@@H]1C(=C[C@@H]4CC1C(C)(C)O[C@@H](C/C=C(\C)CO)C4=O)C3=O)C=CC(C)(C)O2. The summed E-state index contributed by atoms with van der Waals surface area (Å²) >= 11 is 0. The zero-order valence-corrected chi connectivity index (χ0v) is 24.5. The molecule has 5 rings (SSSR count). The van der Waals surface area contributed by atoms with Gasteiger partial charge in [0, 0.05) is 23.0 Å². The molecule has 1 saturated heterocycles. The number of rotatable bonds is 5. The molecule has 7 nitrogen and oxygen atoms in total. The fourth-order valence-electron chi connectivity index (χ4n) is 6.20. The number of hydrogen-bond donors (Lipinski definition) is 2. The number of phenols is 1. The molecule has 40 heavy (non-hydrogen) atoms. The molecule has 0 amide bonds. The normalized spacial score (nSPS) is 27.8. The van der Waals surface area contributed by atoms with Gasteiger partial charge in [-0.1, -0.05) is 29.4 Å². The summed E-state index contributed by atoms with van der Waals surface area (Å²) in [6.45, 7) is 13.5. The Labute approximate surface area is 236 Å². The fraction of sp³-hybridized carbons (Fsp3) is 0.515. The number of ketones is 2. The first-order valence-electron chi connectivity index (χ1n) is 14.1. The molecule has 0 saturated carbocycles. The standard InChI is InChI=1S/C33H40O7/c1-17(2)8-10-21-29-20(12-13-32(4,5)40-29)27(36)25-28(37)22-14-19-15-23(30(22)38-31(21)25)33(6,7)39-24(26(19)35)11-9-18(3)16-34/h8-9,12-14,19,23-24,30,34,36H,10-11,15-16H2,1-7H3/b18-9+/t19-,23?,24+,30-/m1/s1. The number of carbonyl (C=O) groups is 2. The van der Waals surface area contributed by atoms with E-state index in [1.165, 1.54) is 0 Å². The average molecular weight is 549 g/mol. The Kier molecular flexibility index (Phi) is 7.12. The topological polar surface area (TPSA) is 102 Å². The maximum atomic E-state index is 14.2. The number of carbonyl (C=O) groups excluding carboxylic acids is 2. The third-order valence-electron chi connectivity index (χ3n) is 8.49. The van der Waals surface area contributed by atoms with Gasteiger partial charge in [0.2, 0.25) is 0 Å². The first-order chi connectivity index (χ1) is 18.7. The largest absolute Gasteiger partial charge is 0.506 e. The van der Waals surface area contributed by atoms with Crippen molar-refractivity contribution in [3.63, 3.8) is 0 Å². The van der Waals surface area contributed by atoms with Crippen molar-refractivity contribution in [2.45, 2.75) is 91.1 Å². The summed E-state index contributed by atoms with van der Waals surface area (Å²) in [5, 5.41) is 20.8. The van der Waals surface area contributed by atoms with Crippen molar-refractivity contribution in [1.29, 1.82) is 0 Å². The van der Waals surface area contributed by atoms with Gasteiger partial charge >= 0.3 is 0 Å². The zero-order valence-electron chi connectivity index (χ0n) is 24.5. The Morgan fingerprint density at radius 3 is 2.50 bits per heavy atom. The van der Waals surface area contributed by atoms with Gasteiger partial charge in [-0.05, 0) is 79.9 Å². The molecule has 2 N–H and O–H groups in total. The molecule has 1 fully saturated rings. The first kappa shape index (κ1) is 28.4. The Hall–Kier alpha value is -3.16. The van der Waals surface area contributed by atoms with Gasteiger partial charge < -0.3 is 24.4 Å². The molecular formula is C33H40O7. The lowest BCUT2D eigenvalue weighted by Gasteiger charge is -2.44. The number of fused-ring (bicyclic) bond motifs is 6. The second-order valence-corrected chi connectivity index (χ2v) is 12.8. The van der Waals surface area contributed by atoms with E-state index in [1.807, 2.05) is 66.7 Å². The highest BCUT2D eigenvalue weighted by Gasteiger charge is 2.54. The number of aliphatic hydroxyl groups excluding tert-OH is 1. The molecule has 2 bridgehead atoms. The van der Waals surface area contributed by atoms with Crippen LogP contribution < -0.4 is 9.47 Å². The number of hydrogen-bond acceptors (Lipinski definition) is 7. The lowest BCUT2D eigenvalue weighted by molar-refractivity contribution is -0.145. The number of ether oxygens (including phenoxy) is 3. The number of phenolic OH excluding ortho intramolecular Hbond substituents is 1. The van der Waals surface area contributed by atoms with Crippen molar-refractivity contribution in [3.8, 4) is 17.2 Å². The maximum Gasteiger partial charge on any atom is 0.199 e. The summed E-state index contributed by atoms with van der Waals surface area (Å²) in [6, 6.07) is 0. The molecule has 1 unspecified atom stereocenters. The van der Waals surface area contributed by atoms with Gasteiger partial charge in [0.15, 0.2) is 11.6 Å². The van der Waals surface area contributed by atoms with Gasteiger partial charge in [-0.2, -0.15) is 0 Å². The molecule has 0 aromatic heterocycles. The predicted octanol–water partition coefficient (Wildman–Crippen LogP) is 5.67. The smallest absolute Gasteiger partial charge is 0.199 e. The van der Waals surface area contributed by atoms with Crippen molar-refractivity contribution in [1.82, 2.24) is 0 Å². The van der Waals surface area contributed by atoms with Crippen LogP contribution in [0.25, 0.3) is 6.08 Å². The van der Waals surface area contributed by atoms with E-state index >= 15 is 0 Å². The maximum absolute atomic E-state index is 14.2. The molecule has 0 spiro atoms. The van der Waals surface area contributed by atoms with Gasteiger partial charge in [0.05, 0.1) is 17.8 Å². The van der Waals surface area contributed by atoms with Crippen LogP contribution in [0.4, 0.5) is 0 Å². The van der Waals surface area contributed by atoms with Crippen molar-refractivity contribution in [3.05, 3.63) is 57.7 Å². The predicted molar refractivity (Wildman–Crippen MR) is 153 cm³/mol. The molecule has 7 heteroatoms. The van der Waals surface area contributed by atoms with Gasteiger partial charge in [0.1, 0.15) is 40.6 Å². The lowest BCUT2D eigenvalue weighted by atomic mass is 9.69. The molecule has 3 aliphatic heterocycles. The molecular weight excluding hydrogens is 508 g/mol. The van der Waals surface area contributed by atoms with Crippen LogP contribution in [0.15, 0.2) is 41.0 Å². The van der Waals surface area contributed by atoms with Gasteiger partial charge in [-0.25, -0.2) is 0 Å². The summed E-state index contributed by atoms with van der Waals surface area (Å²) in [5.74, 6) is -0.495. The molecule has 3 heterocycles. The van der Waals surface area contributed by atoms with Crippen molar-refractivity contribution < 1.29 is 34.0 Å². The van der Waals surface area contributed by atoms with E-state index in [-0.39, 0.29) is 35.4 Å². The van der Waals surface area contributed by atoms with Crippen molar-refractivity contribution in [2.24, 2.45) is 11.8 Å². The summed E-state index contributed by atoms with van der Waals surface area (Å²) in [7, 11) is 0. The summed E-state index contributed by atoms with van der Waals surface area (Å²) < 4.78 is 19.5. The van der Waals surface area contributed by atoms with E-state index in [2.05, 4.69) is 6.08 Å². The van der Waals surface area contributed by atoms with Crippen LogP contribution in [0.1, 0.15) is 82.8 Å². The minimum atomic E-state index is -0.782. The van der Waals surface area contributed by atoms with E-state index in [9.17, 15) is 19.8 Å². The Morgan fingerprint density at radius 1 is 1.10 bits per heavy atom. The van der Waals surface area contributed by atoms with Crippen LogP contribution >= 0.6 is 0 Å². The summed E-state index contributed by atoms with van der Waals surface area (Å²) in [5.41, 5.74) is 2.20. The monoisotopic (exact) mass is 548 g/mol. The highest BCUT2D eigenvalue weighted by molar-refractivity contribution is 6.15. The molecule has 4 aliphatic rings. The Bertz CT molecular complexity index is 1380. The van der Waals surface area contributed by atoms with Crippen LogP contribution in [0.3, 0.4) is 0 Å². The Balaban J connectivity index is 1.65. The molecule has 0 radical (unpaired) electrons. The van der Waals surface area contributed by atoms with E-state index in [0.29, 0.717) is 41.9 Å². The average Bonchev–Trinajstić information content (AvgIpc) is 2.95. The highest BCUT2D eigenvalue weighted by Crippen LogP contribution is 2.54. The van der Waals surface area contributed by atoms with Gasteiger partial charge in [-0.15, -0.1) is 0 Å². The van der Waals surface area contributed by atoms with Gasteiger partial charge in [-0.3, -0.25) is 9.59 Å². The van der Waals surface area contributed by atoms with E-state index in [0.717, 1.165) is 16.7 Å². The summed E-state index contributed by atoms with van der Waals surface area (Å²) in [6.07, 6.45) is 9.28. The molecule has 4 atom stereocenters. The molecule has 1 aromatic carbocycles. The van der Waals surface area contributed by atoms with E-state index in [1.54, 1.807) is 6.08 Å². The zero-order chi connectivity index (χ0) is 29.1. The summed E-state index contributed by atoms with van der Waals surface area (Å²) in [4.78, 5) is 27.8. The molecule has 1 aliphatic carbocycles. The second kappa shape index (κ2) is 10.0. The van der Waals surface area contributed by atoms with Crippen LogP contribution in [-0.4, -0.2) is 51.8 Å². The fourth-order valence-corrected chi connectivity index (χ4v) is 6.20. The van der Waals surface area contributed by atoms with Crippen molar-refractivity contribution in [2.75, 3.05) is 6.61 Å².